The Hall–Kier alpha value is -2.79. The molecule has 0 bridgehead atoms. The lowest BCUT2D eigenvalue weighted by Crippen LogP contribution is -2.23. The van der Waals surface area contributed by atoms with E-state index in [0.717, 1.165) is 47.7 Å². The number of hydrogen-bond acceptors (Lipinski definition) is 3. The second-order valence-corrected chi connectivity index (χ2v) is 7.85. The molecule has 0 radical (unpaired) electrons. The minimum absolute atomic E-state index is 0.0175. The van der Waals surface area contributed by atoms with Crippen molar-refractivity contribution in [2.24, 2.45) is 5.92 Å². The molecule has 1 aromatic heterocycles. The van der Waals surface area contributed by atoms with E-state index in [1.54, 1.807) is 14.0 Å². The normalized spacial score (nSPS) is 15.2. The molecule has 1 heterocycles. The zero-order valence-electron chi connectivity index (χ0n) is 16.6. The molecule has 0 saturated carbocycles. The summed E-state index contributed by atoms with van der Waals surface area (Å²) in [5.41, 5.74) is 5.48. The number of methoxy groups -OCH3 is 1. The highest BCUT2D eigenvalue weighted by Gasteiger charge is 2.30. The highest BCUT2D eigenvalue weighted by Crippen LogP contribution is 2.39. The van der Waals surface area contributed by atoms with Crippen molar-refractivity contribution < 1.29 is 9.53 Å². The molecule has 1 N–H and O–H groups in total. The SMILES string of the molecule is COc1ccccc1-n1nc2c(c1-c1ccc(Cl)cc1)CC(CCNC(C)=O)C2. The Labute approximate surface area is 175 Å². The summed E-state index contributed by atoms with van der Waals surface area (Å²) in [6.07, 6.45) is 2.81. The van der Waals surface area contributed by atoms with Gasteiger partial charge in [0.2, 0.25) is 5.91 Å². The molecule has 0 spiro atoms. The molecule has 150 valence electrons. The summed E-state index contributed by atoms with van der Waals surface area (Å²) in [7, 11) is 1.68. The fourth-order valence-electron chi connectivity index (χ4n) is 4.05. The Morgan fingerprint density at radius 3 is 2.69 bits per heavy atom. The Morgan fingerprint density at radius 2 is 1.97 bits per heavy atom. The van der Waals surface area contributed by atoms with Crippen LogP contribution in [0.1, 0.15) is 24.6 Å². The van der Waals surface area contributed by atoms with Gasteiger partial charge in [0.05, 0.1) is 18.5 Å². The van der Waals surface area contributed by atoms with Gasteiger partial charge in [-0.2, -0.15) is 5.10 Å². The Balaban J connectivity index is 1.73. The third-order valence-corrected chi connectivity index (χ3v) is 5.65. The quantitative estimate of drug-likeness (QED) is 0.654. The lowest BCUT2D eigenvalue weighted by Gasteiger charge is -2.15. The summed E-state index contributed by atoms with van der Waals surface area (Å²) in [4.78, 5) is 11.2. The third-order valence-electron chi connectivity index (χ3n) is 5.40. The maximum absolute atomic E-state index is 11.2. The number of hydrogen-bond donors (Lipinski definition) is 1. The van der Waals surface area contributed by atoms with E-state index >= 15 is 0 Å². The van der Waals surface area contributed by atoms with E-state index in [1.165, 1.54) is 5.56 Å². The predicted molar refractivity (Wildman–Crippen MR) is 115 cm³/mol. The fraction of sp³-hybridized carbons (Fsp3) is 0.304. The number of nitrogens with one attached hydrogen (secondary N) is 1. The van der Waals surface area contributed by atoms with Gasteiger partial charge in [0.25, 0.3) is 0 Å². The van der Waals surface area contributed by atoms with Crippen LogP contribution >= 0.6 is 11.6 Å². The third kappa shape index (κ3) is 4.01. The van der Waals surface area contributed by atoms with Crippen molar-refractivity contribution in [1.82, 2.24) is 15.1 Å². The topological polar surface area (TPSA) is 56.1 Å². The minimum atomic E-state index is 0.0175. The van der Waals surface area contributed by atoms with Gasteiger partial charge in [-0.3, -0.25) is 4.79 Å². The number of fused-ring (bicyclic) bond motifs is 1. The molecule has 1 unspecified atom stereocenters. The maximum Gasteiger partial charge on any atom is 0.216 e. The fourth-order valence-corrected chi connectivity index (χ4v) is 4.17. The van der Waals surface area contributed by atoms with Crippen LogP contribution in [0.3, 0.4) is 0 Å². The first-order valence-electron chi connectivity index (χ1n) is 9.81. The van der Waals surface area contributed by atoms with Gasteiger partial charge in [-0.25, -0.2) is 4.68 Å². The highest BCUT2D eigenvalue weighted by molar-refractivity contribution is 6.30. The van der Waals surface area contributed by atoms with Crippen molar-refractivity contribution >= 4 is 17.5 Å². The maximum atomic E-state index is 11.2. The number of halogens is 1. The van der Waals surface area contributed by atoms with Gasteiger partial charge in [0.1, 0.15) is 11.4 Å². The number of para-hydroxylation sites is 2. The van der Waals surface area contributed by atoms with Crippen molar-refractivity contribution in [3.63, 3.8) is 0 Å². The second-order valence-electron chi connectivity index (χ2n) is 7.41. The summed E-state index contributed by atoms with van der Waals surface area (Å²) >= 11 is 6.12. The van der Waals surface area contributed by atoms with Crippen LogP contribution in [-0.4, -0.2) is 29.3 Å². The summed E-state index contributed by atoms with van der Waals surface area (Å²) in [6, 6.07) is 15.8. The number of carbonyl (C=O) groups is 1. The van der Waals surface area contributed by atoms with Gasteiger partial charge in [0.15, 0.2) is 0 Å². The standard InChI is InChI=1S/C23H24ClN3O2/c1-15(28)25-12-11-16-13-19-20(14-16)26-27(21-5-3-4-6-22(21)29-2)23(19)17-7-9-18(24)10-8-17/h3-10,16H,11-14H2,1-2H3,(H,25,28). The number of ether oxygens (including phenoxy) is 1. The van der Waals surface area contributed by atoms with E-state index in [-0.39, 0.29) is 5.91 Å². The molecule has 4 rings (SSSR count). The Morgan fingerprint density at radius 1 is 1.21 bits per heavy atom. The van der Waals surface area contributed by atoms with Gasteiger partial charge in [-0.15, -0.1) is 0 Å². The summed E-state index contributed by atoms with van der Waals surface area (Å²) < 4.78 is 7.58. The first kappa shape index (κ1) is 19.5. The average Bonchev–Trinajstić information content (AvgIpc) is 3.26. The molecular formula is C23H24ClN3O2. The minimum Gasteiger partial charge on any atom is -0.494 e. The van der Waals surface area contributed by atoms with Crippen molar-refractivity contribution in [1.29, 1.82) is 0 Å². The number of aromatic nitrogens is 2. The van der Waals surface area contributed by atoms with Gasteiger partial charge in [-0.1, -0.05) is 35.9 Å². The molecule has 1 aliphatic carbocycles. The molecule has 0 saturated heterocycles. The molecule has 0 fully saturated rings. The van der Waals surface area contributed by atoms with E-state index in [0.29, 0.717) is 17.5 Å². The van der Waals surface area contributed by atoms with Crippen LogP contribution in [0.2, 0.25) is 5.02 Å². The molecule has 0 aliphatic heterocycles. The van der Waals surface area contributed by atoms with Crippen LogP contribution in [0, 0.1) is 5.92 Å². The lowest BCUT2D eigenvalue weighted by atomic mass is 10.00. The predicted octanol–water partition coefficient (Wildman–Crippen LogP) is 4.44. The summed E-state index contributed by atoms with van der Waals surface area (Å²) in [6.45, 7) is 2.26. The average molecular weight is 410 g/mol. The van der Waals surface area contributed by atoms with Crippen LogP contribution in [-0.2, 0) is 17.6 Å². The van der Waals surface area contributed by atoms with Gasteiger partial charge < -0.3 is 10.1 Å². The van der Waals surface area contributed by atoms with E-state index in [9.17, 15) is 4.79 Å². The number of benzene rings is 2. The summed E-state index contributed by atoms with van der Waals surface area (Å²) in [5.74, 6) is 1.28. The zero-order valence-corrected chi connectivity index (χ0v) is 17.4. The van der Waals surface area contributed by atoms with Crippen LogP contribution < -0.4 is 10.1 Å². The highest BCUT2D eigenvalue weighted by atomic mass is 35.5. The van der Waals surface area contributed by atoms with Crippen molar-refractivity contribution in [2.75, 3.05) is 13.7 Å². The van der Waals surface area contributed by atoms with Crippen LogP contribution in [0.25, 0.3) is 16.9 Å². The van der Waals surface area contributed by atoms with Crippen molar-refractivity contribution in [3.8, 4) is 22.7 Å². The molecule has 6 heteroatoms. The lowest BCUT2D eigenvalue weighted by molar-refractivity contribution is -0.118. The first-order chi connectivity index (χ1) is 14.1. The smallest absolute Gasteiger partial charge is 0.216 e. The van der Waals surface area contributed by atoms with Crippen LogP contribution in [0.15, 0.2) is 48.5 Å². The molecule has 1 atom stereocenters. The molecule has 2 aromatic carbocycles. The molecule has 1 aliphatic rings. The number of carbonyl (C=O) groups excluding carboxylic acids is 1. The second kappa shape index (κ2) is 8.29. The van der Waals surface area contributed by atoms with E-state index in [1.807, 2.05) is 53.2 Å². The largest absolute Gasteiger partial charge is 0.494 e. The van der Waals surface area contributed by atoms with Crippen molar-refractivity contribution in [2.45, 2.75) is 26.2 Å². The first-order valence-corrected chi connectivity index (χ1v) is 10.2. The van der Waals surface area contributed by atoms with E-state index in [4.69, 9.17) is 21.4 Å². The van der Waals surface area contributed by atoms with E-state index < -0.39 is 0 Å². The number of rotatable bonds is 6. The summed E-state index contributed by atoms with van der Waals surface area (Å²) in [5, 5.41) is 8.59. The molecule has 5 nitrogen and oxygen atoms in total. The molecule has 1 amide bonds. The monoisotopic (exact) mass is 409 g/mol. The number of amides is 1. The number of nitrogens with zero attached hydrogens (tertiary/aromatic N) is 2. The van der Waals surface area contributed by atoms with Crippen molar-refractivity contribution in [3.05, 3.63) is 64.8 Å². The molecule has 29 heavy (non-hydrogen) atoms. The molecule has 3 aromatic rings. The van der Waals surface area contributed by atoms with Gasteiger partial charge in [-0.05, 0) is 49.4 Å². The zero-order chi connectivity index (χ0) is 20.4. The van der Waals surface area contributed by atoms with Gasteiger partial charge >= 0.3 is 0 Å². The van der Waals surface area contributed by atoms with Crippen LogP contribution in [0.4, 0.5) is 0 Å². The Bertz CT molecular complexity index is 1030. The van der Waals surface area contributed by atoms with Gasteiger partial charge in [0, 0.05) is 29.6 Å². The van der Waals surface area contributed by atoms with E-state index in [2.05, 4.69) is 5.32 Å². The molecular weight excluding hydrogens is 386 g/mol. The van der Waals surface area contributed by atoms with Crippen LogP contribution in [0.5, 0.6) is 5.75 Å². The Kier molecular flexibility index (Phi) is 5.58.